The molecule has 0 aliphatic carbocycles. The molecule has 1 aromatic carbocycles. The summed E-state index contributed by atoms with van der Waals surface area (Å²) in [7, 11) is -4.29. The second-order valence-electron chi connectivity index (χ2n) is 10.1. The lowest BCUT2D eigenvalue weighted by Crippen LogP contribution is -2.47. The number of ether oxygens (including phenoxy) is 2. The molecule has 0 amide bonds. The average Bonchev–Trinajstić information content (AvgIpc) is 3.06. The second kappa shape index (κ2) is 12.6. The molecule has 14 heteroatoms. The highest BCUT2D eigenvalue weighted by atomic mass is 31.2. The van der Waals surface area contributed by atoms with Crippen LogP contribution in [0.5, 0.6) is 5.75 Å². The molecule has 1 aliphatic heterocycles. The van der Waals surface area contributed by atoms with Crippen molar-refractivity contribution in [3.63, 3.8) is 0 Å². The number of para-hydroxylation sites is 1. The topological polar surface area (TPSA) is 178 Å². The molecule has 4 N–H and O–H groups in total. The maximum Gasteiger partial charge on any atom is 0.459 e. The Bertz CT molecular complexity index is 1280. The second-order valence-corrected chi connectivity index (χ2v) is 11.8. The number of nitrogens with one attached hydrogen (secondary N) is 2. The molecule has 2 unspecified atom stereocenters. The van der Waals surface area contributed by atoms with Crippen LogP contribution in [0.25, 0.3) is 0 Å². The number of carbonyl (C=O) groups excluding carboxylic acids is 1. The number of aromatic nitrogens is 2. The molecule has 0 saturated carbocycles. The van der Waals surface area contributed by atoms with Crippen LogP contribution in [0.2, 0.25) is 0 Å². The van der Waals surface area contributed by atoms with E-state index < -0.39 is 61.7 Å². The number of H-pyrrole nitrogens is 1. The molecule has 13 nitrogen and oxygen atoms in total. The monoisotopic (exact) mass is 569 g/mol. The van der Waals surface area contributed by atoms with Crippen molar-refractivity contribution in [1.82, 2.24) is 14.6 Å². The number of nitrogens with zero attached hydrogens (tertiary/aromatic N) is 1. The number of esters is 1. The van der Waals surface area contributed by atoms with E-state index in [4.69, 9.17) is 18.5 Å². The van der Waals surface area contributed by atoms with E-state index in [1.807, 2.05) is 13.8 Å². The van der Waals surface area contributed by atoms with E-state index in [9.17, 15) is 29.2 Å². The Morgan fingerprint density at radius 3 is 2.49 bits per heavy atom. The molecule has 1 aromatic heterocycles. The van der Waals surface area contributed by atoms with Gasteiger partial charge in [0.15, 0.2) is 6.23 Å². The predicted molar refractivity (Wildman–Crippen MR) is 140 cm³/mol. The van der Waals surface area contributed by atoms with Crippen molar-refractivity contribution in [1.29, 1.82) is 0 Å². The van der Waals surface area contributed by atoms with Crippen LogP contribution >= 0.6 is 7.75 Å². The number of rotatable bonds is 12. The summed E-state index contributed by atoms with van der Waals surface area (Å²) in [5.74, 6) is -0.182. The summed E-state index contributed by atoms with van der Waals surface area (Å²) in [4.78, 5) is 38.4. The Morgan fingerprint density at radius 2 is 1.87 bits per heavy atom. The number of benzene rings is 1. The number of aliphatic hydroxyl groups excluding tert-OH is 1. The van der Waals surface area contributed by atoms with Gasteiger partial charge in [-0.1, -0.05) is 32.0 Å². The zero-order valence-electron chi connectivity index (χ0n) is 22.5. The van der Waals surface area contributed by atoms with E-state index in [1.165, 1.54) is 26.0 Å². The van der Waals surface area contributed by atoms with Crippen molar-refractivity contribution in [2.45, 2.75) is 77.2 Å². The van der Waals surface area contributed by atoms with Crippen molar-refractivity contribution in [3.8, 4) is 5.75 Å². The summed E-state index contributed by atoms with van der Waals surface area (Å²) < 4.78 is 37.0. The first-order valence-corrected chi connectivity index (χ1v) is 14.1. The van der Waals surface area contributed by atoms with E-state index in [1.54, 1.807) is 25.1 Å². The van der Waals surface area contributed by atoms with Crippen LogP contribution in [0.4, 0.5) is 0 Å². The van der Waals surface area contributed by atoms with Gasteiger partial charge < -0.3 is 24.2 Å². The Labute approximate surface area is 225 Å². The summed E-state index contributed by atoms with van der Waals surface area (Å²) in [6, 6.07) is 8.07. The normalized spacial score (nSPS) is 26.1. The molecule has 3 rings (SSSR count). The molecule has 1 saturated heterocycles. The smallest absolute Gasteiger partial charge is 0.459 e. The number of aromatic amines is 1. The van der Waals surface area contributed by atoms with Crippen LogP contribution in [-0.4, -0.2) is 62.3 Å². The molecular formula is C25H36N3O10P. The molecule has 1 aliphatic rings. The first-order chi connectivity index (χ1) is 18.2. The Morgan fingerprint density at radius 1 is 1.21 bits per heavy atom. The minimum absolute atomic E-state index is 0.180. The molecule has 2 heterocycles. The van der Waals surface area contributed by atoms with Crippen molar-refractivity contribution >= 4 is 13.7 Å². The fourth-order valence-electron chi connectivity index (χ4n) is 4.17. The van der Waals surface area contributed by atoms with E-state index in [-0.39, 0.29) is 11.9 Å². The van der Waals surface area contributed by atoms with Crippen LogP contribution in [0, 0.1) is 5.92 Å². The molecule has 216 valence electrons. The van der Waals surface area contributed by atoms with Gasteiger partial charge in [0.05, 0.1) is 12.7 Å². The summed E-state index contributed by atoms with van der Waals surface area (Å²) in [6.45, 7) is 7.88. The zero-order valence-corrected chi connectivity index (χ0v) is 23.4. The lowest BCUT2D eigenvalue weighted by atomic mass is 9.96. The summed E-state index contributed by atoms with van der Waals surface area (Å²) >= 11 is 0. The summed E-state index contributed by atoms with van der Waals surface area (Å²) in [5.41, 5.74) is -3.50. The van der Waals surface area contributed by atoms with Gasteiger partial charge >= 0.3 is 19.4 Å². The maximum absolute atomic E-state index is 13.8. The standard InChI is InChI=1S/C25H36N3O10P/c1-15(2)13-16(3)36-22(31)17(4)27-39(34,38-18-9-7-6-8-10-18)35-14-19-21(30)25(5,33)23(37-19)28-12-11-20(29)26-24(28)32/h6-12,15-17,19,21,23,30,33H,13-14H2,1-5H3,(H,27,34)(H,26,29,32)/t16?,17-,19+,21+,23?,25+,39+/m0/s1. The van der Waals surface area contributed by atoms with E-state index in [0.717, 1.165) is 16.8 Å². The molecule has 0 spiro atoms. The van der Waals surface area contributed by atoms with Gasteiger partial charge in [0.2, 0.25) is 0 Å². The molecule has 1 fully saturated rings. The third-order valence-electron chi connectivity index (χ3n) is 6.06. The third-order valence-corrected chi connectivity index (χ3v) is 7.71. The van der Waals surface area contributed by atoms with Crippen molar-refractivity contribution in [3.05, 3.63) is 63.4 Å². The van der Waals surface area contributed by atoms with Gasteiger partial charge in [-0.05, 0) is 45.2 Å². The maximum atomic E-state index is 13.8. The Balaban J connectivity index is 1.77. The molecule has 0 bridgehead atoms. The van der Waals surface area contributed by atoms with Crippen LogP contribution in [-0.2, 0) is 23.4 Å². The summed E-state index contributed by atoms with van der Waals surface area (Å²) in [6.07, 6.45) is -2.87. The minimum Gasteiger partial charge on any atom is -0.461 e. The molecular weight excluding hydrogens is 533 g/mol. The van der Waals surface area contributed by atoms with Crippen LogP contribution in [0.15, 0.2) is 52.2 Å². The third kappa shape index (κ3) is 7.87. The van der Waals surface area contributed by atoms with Gasteiger partial charge in [-0.15, -0.1) is 0 Å². The highest BCUT2D eigenvalue weighted by molar-refractivity contribution is 7.52. The van der Waals surface area contributed by atoms with Crippen LogP contribution in [0.3, 0.4) is 0 Å². The Kier molecular flexibility index (Phi) is 9.92. The van der Waals surface area contributed by atoms with Crippen molar-refractivity contribution in [2.75, 3.05) is 6.61 Å². The lowest BCUT2D eigenvalue weighted by Gasteiger charge is -2.27. The first-order valence-electron chi connectivity index (χ1n) is 12.6. The van der Waals surface area contributed by atoms with E-state index >= 15 is 0 Å². The van der Waals surface area contributed by atoms with Gasteiger partial charge in [0, 0.05) is 12.3 Å². The highest BCUT2D eigenvalue weighted by Gasteiger charge is 2.54. The SMILES string of the molecule is CC(C)CC(C)OC(=O)[C@H](C)N[P@@](=O)(OC[C@H]1OC(n2ccc(=O)[nH]c2=O)[C@](C)(O)[C@@H]1O)Oc1ccccc1. The zero-order chi connectivity index (χ0) is 29.0. The summed E-state index contributed by atoms with van der Waals surface area (Å²) in [5, 5.41) is 24.2. The lowest BCUT2D eigenvalue weighted by molar-refractivity contribution is -0.150. The van der Waals surface area contributed by atoms with Gasteiger partial charge in [-0.25, -0.2) is 9.36 Å². The van der Waals surface area contributed by atoms with Gasteiger partial charge in [-0.3, -0.25) is 23.7 Å². The number of hydrogen-bond acceptors (Lipinski definition) is 10. The predicted octanol–water partition coefficient (Wildman–Crippen LogP) is 1.71. The first kappa shape index (κ1) is 30.7. The molecule has 0 radical (unpaired) electrons. The number of hydrogen-bond donors (Lipinski definition) is 4. The van der Waals surface area contributed by atoms with Crippen LogP contribution in [0.1, 0.15) is 47.3 Å². The molecule has 7 atom stereocenters. The van der Waals surface area contributed by atoms with Crippen molar-refractivity contribution < 1.29 is 38.1 Å². The quantitative estimate of drug-likeness (QED) is 0.216. The van der Waals surface area contributed by atoms with Crippen LogP contribution < -0.4 is 20.9 Å². The number of aliphatic hydroxyl groups is 2. The molecule has 39 heavy (non-hydrogen) atoms. The van der Waals surface area contributed by atoms with Crippen molar-refractivity contribution in [2.24, 2.45) is 5.92 Å². The van der Waals surface area contributed by atoms with Gasteiger partial charge in [-0.2, -0.15) is 5.09 Å². The molecule has 2 aromatic rings. The minimum atomic E-state index is -4.29. The fraction of sp³-hybridized carbons (Fsp3) is 0.560. The Hall–Kier alpha value is -2.80. The average molecular weight is 570 g/mol. The number of carbonyl (C=O) groups is 1. The van der Waals surface area contributed by atoms with Gasteiger partial charge in [0.25, 0.3) is 5.56 Å². The highest BCUT2D eigenvalue weighted by Crippen LogP contribution is 2.46. The van der Waals surface area contributed by atoms with E-state index in [0.29, 0.717) is 12.3 Å². The fourth-order valence-corrected chi connectivity index (χ4v) is 5.68. The van der Waals surface area contributed by atoms with Gasteiger partial charge in [0.1, 0.15) is 29.6 Å². The largest absolute Gasteiger partial charge is 0.461 e. The van der Waals surface area contributed by atoms with E-state index in [2.05, 4.69) is 10.1 Å².